The summed E-state index contributed by atoms with van der Waals surface area (Å²) in [7, 11) is 0. The Labute approximate surface area is 182 Å². The molecule has 0 unspecified atom stereocenters. The van der Waals surface area contributed by atoms with Crippen LogP contribution in [0.5, 0.6) is 0 Å². The van der Waals surface area contributed by atoms with E-state index in [-0.39, 0.29) is 35.9 Å². The molecule has 2 aliphatic heterocycles. The SMILES string of the molecule is Cc1cc(C)n2nc(C(=O)N3CC[C@@H]4C[C@@H](C(=O)N5C[C@@H](C)O[C@@H](C)C5)[C@@H]4C3)cc2n1. The number of morpholine rings is 1. The molecule has 5 atom stereocenters. The van der Waals surface area contributed by atoms with Crippen LogP contribution in [0.2, 0.25) is 0 Å². The monoisotopic (exact) mass is 425 g/mol. The van der Waals surface area contributed by atoms with Gasteiger partial charge in [-0.05, 0) is 58.4 Å². The Balaban J connectivity index is 1.29. The van der Waals surface area contributed by atoms with Crippen molar-refractivity contribution in [2.75, 3.05) is 26.2 Å². The topological polar surface area (TPSA) is 80.0 Å². The highest BCUT2D eigenvalue weighted by Gasteiger charge is 2.50. The van der Waals surface area contributed by atoms with Crippen LogP contribution in [0.25, 0.3) is 5.65 Å². The molecule has 3 fully saturated rings. The second-order valence-electron chi connectivity index (χ2n) is 9.64. The van der Waals surface area contributed by atoms with Gasteiger partial charge in [0.2, 0.25) is 5.91 Å². The largest absolute Gasteiger partial charge is 0.372 e. The molecular formula is C23H31N5O3. The molecule has 1 aliphatic carbocycles. The summed E-state index contributed by atoms with van der Waals surface area (Å²) in [4.78, 5) is 34.8. The molecule has 0 spiro atoms. The first-order valence-electron chi connectivity index (χ1n) is 11.4. The number of fused-ring (bicyclic) bond motifs is 2. The van der Waals surface area contributed by atoms with Gasteiger partial charge in [0.05, 0.1) is 12.2 Å². The van der Waals surface area contributed by atoms with Crippen LogP contribution in [0.15, 0.2) is 12.1 Å². The molecule has 4 heterocycles. The standard InChI is InChI=1S/C23H31N5O3/c1-13-7-14(2)28-21(24-13)9-20(25-28)23(30)26-6-5-17-8-18(19(17)12-26)22(29)27-10-15(3)31-16(4)11-27/h7,9,15-19H,5-6,8,10-12H2,1-4H3/t15-,16+,17-,18-,19-/m1/s1. The first-order valence-corrected chi connectivity index (χ1v) is 11.4. The van der Waals surface area contributed by atoms with Gasteiger partial charge < -0.3 is 14.5 Å². The highest BCUT2D eigenvalue weighted by molar-refractivity contribution is 5.93. The predicted molar refractivity (Wildman–Crippen MR) is 115 cm³/mol. The highest BCUT2D eigenvalue weighted by Crippen LogP contribution is 2.46. The normalized spacial score (nSPS) is 30.8. The Hall–Kier alpha value is -2.48. The van der Waals surface area contributed by atoms with Crippen molar-refractivity contribution in [2.45, 2.75) is 52.7 Å². The number of hydrogen-bond acceptors (Lipinski definition) is 5. The van der Waals surface area contributed by atoms with E-state index in [4.69, 9.17) is 4.74 Å². The predicted octanol–water partition coefficient (Wildman–Crippen LogP) is 2.08. The van der Waals surface area contributed by atoms with E-state index in [1.165, 1.54) is 0 Å². The summed E-state index contributed by atoms with van der Waals surface area (Å²) < 4.78 is 7.51. The van der Waals surface area contributed by atoms with Gasteiger partial charge in [-0.25, -0.2) is 9.50 Å². The van der Waals surface area contributed by atoms with Crippen LogP contribution in [0.3, 0.4) is 0 Å². The Bertz CT molecular complexity index is 1020. The Morgan fingerprint density at radius 3 is 2.55 bits per heavy atom. The lowest BCUT2D eigenvalue weighted by molar-refractivity contribution is -0.158. The zero-order valence-corrected chi connectivity index (χ0v) is 18.7. The van der Waals surface area contributed by atoms with Crippen molar-refractivity contribution in [3.8, 4) is 0 Å². The van der Waals surface area contributed by atoms with E-state index in [1.807, 2.05) is 43.6 Å². The van der Waals surface area contributed by atoms with Gasteiger partial charge in [-0.1, -0.05) is 0 Å². The lowest BCUT2D eigenvalue weighted by Crippen LogP contribution is -2.59. The third kappa shape index (κ3) is 3.60. The van der Waals surface area contributed by atoms with Crippen LogP contribution in [-0.4, -0.2) is 74.6 Å². The summed E-state index contributed by atoms with van der Waals surface area (Å²) in [5.41, 5.74) is 2.99. The number of carbonyl (C=O) groups is 2. The van der Waals surface area contributed by atoms with Crippen molar-refractivity contribution in [3.05, 3.63) is 29.2 Å². The van der Waals surface area contributed by atoms with E-state index in [1.54, 1.807) is 10.6 Å². The quantitative estimate of drug-likeness (QED) is 0.736. The van der Waals surface area contributed by atoms with Gasteiger partial charge in [-0.3, -0.25) is 9.59 Å². The Kier molecular flexibility index (Phi) is 5.00. The average Bonchev–Trinajstić information content (AvgIpc) is 3.12. The Morgan fingerprint density at radius 2 is 1.81 bits per heavy atom. The van der Waals surface area contributed by atoms with Gasteiger partial charge in [-0.2, -0.15) is 5.10 Å². The van der Waals surface area contributed by atoms with Gasteiger partial charge in [-0.15, -0.1) is 0 Å². The van der Waals surface area contributed by atoms with Gasteiger partial charge in [0.25, 0.3) is 5.91 Å². The first kappa shape index (κ1) is 20.4. The number of aromatic nitrogens is 3. The number of likely N-dealkylation sites (tertiary alicyclic amines) is 1. The first-order chi connectivity index (χ1) is 14.8. The molecule has 3 aliphatic rings. The number of piperidine rings is 1. The van der Waals surface area contributed by atoms with Gasteiger partial charge in [0, 0.05) is 49.6 Å². The van der Waals surface area contributed by atoms with Crippen molar-refractivity contribution in [1.82, 2.24) is 24.4 Å². The van der Waals surface area contributed by atoms with Crippen LogP contribution in [0.1, 0.15) is 48.6 Å². The minimum absolute atomic E-state index is 0.0192. The number of ether oxygens (including phenoxy) is 1. The van der Waals surface area contributed by atoms with Gasteiger partial charge >= 0.3 is 0 Å². The molecule has 2 amide bonds. The van der Waals surface area contributed by atoms with E-state index in [0.717, 1.165) is 30.8 Å². The molecule has 0 N–H and O–H groups in total. The third-order valence-electron chi connectivity index (χ3n) is 7.17. The molecule has 0 bridgehead atoms. The fraction of sp³-hybridized carbons (Fsp3) is 0.652. The number of rotatable bonds is 2. The second kappa shape index (κ2) is 7.58. The maximum Gasteiger partial charge on any atom is 0.274 e. The molecule has 0 radical (unpaired) electrons. The average molecular weight is 426 g/mol. The van der Waals surface area contributed by atoms with Crippen LogP contribution >= 0.6 is 0 Å². The number of amides is 2. The Morgan fingerprint density at radius 1 is 1.06 bits per heavy atom. The molecule has 5 rings (SSSR count). The smallest absolute Gasteiger partial charge is 0.274 e. The van der Waals surface area contributed by atoms with Crippen LogP contribution in [-0.2, 0) is 9.53 Å². The molecular weight excluding hydrogens is 394 g/mol. The lowest BCUT2D eigenvalue weighted by atomic mass is 9.61. The van der Waals surface area contributed by atoms with E-state index in [2.05, 4.69) is 10.1 Å². The van der Waals surface area contributed by atoms with Gasteiger partial charge in [0.1, 0.15) is 0 Å². The molecule has 2 aromatic heterocycles. The van der Waals surface area contributed by atoms with E-state index < -0.39 is 0 Å². The maximum atomic E-state index is 13.2. The minimum Gasteiger partial charge on any atom is -0.372 e. The maximum absolute atomic E-state index is 13.2. The third-order valence-corrected chi connectivity index (χ3v) is 7.17. The van der Waals surface area contributed by atoms with Crippen LogP contribution < -0.4 is 0 Å². The second-order valence-corrected chi connectivity index (χ2v) is 9.64. The summed E-state index contributed by atoms with van der Waals surface area (Å²) in [5, 5.41) is 4.51. The van der Waals surface area contributed by atoms with E-state index in [0.29, 0.717) is 36.9 Å². The molecule has 0 aromatic carbocycles. The van der Waals surface area contributed by atoms with Crippen molar-refractivity contribution in [1.29, 1.82) is 0 Å². The summed E-state index contributed by atoms with van der Waals surface area (Å²) in [6.45, 7) is 10.6. The highest BCUT2D eigenvalue weighted by atomic mass is 16.5. The fourth-order valence-electron chi connectivity index (χ4n) is 5.70. The zero-order valence-electron chi connectivity index (χ0n) is 18.7. The summed E-state index contributed by atoms with van der Waals surface area (Å²) in [6, 6.07) is 3.73. The summed E-state index contributed by atoms with van der Waals surface area (Å²) in [5.74, 6) is 0.985. The van der Waals surface area contributed by atoms with E-state index >= 15 is 0 Å². The molecule has 31 heavy (non-hydrogen) atoms. The number of nitrogens with zero attached hydrogens (tertiary/aromatic N) is 5. The number of aryl methyl sites for hydroxylation is 2. The lowest BCUT2D eigenvalue weighted by Gasteiger charge is -2.51. The molecule has 2 aromatic rings. The fourth-order valence-corrected chi connectivity index (χ4v) is 5.70. The molecule has 1 saturated carbocycles. The van der Waals surface area contributed by atoms with Crippen molar-refractivity contribution in [2.24, 2.45) is 17.8 Å². The number of hydrogen-bond donors (Lipinski definition) is 0. The minimum atomic E-state index is -0.0623. The molecule has 8 nitrogen and oxygen atoms in total. The van der Waals surface area contributed by atoms with E-state index in [9.17, 15) is 9.59 Å². The zero-order chi connectivity index (χ0) is 21.9. The molecule has 166 valence electrons. The van der Waals surface area contributed by atoms with Crippen molar-refractivity contribution < 1.29 is 14.3 Å². The van der Waals surface area contributed by atoms with Crippen molar-refractivity contribution in [3.63, 3.8) is 0 Å². The number of carbonyl (C=O) groups excluding carboxylic acids is 2. The summed E-state index contributed by atoms with van der Waals surface area (Å²) in [6.07, 6.45) is 2.05. The summed E-state index contributed by atoms with van der Waals surface area (Å²) >= 11 is 0. The van der Waals surface area contributed by atoms with Crippen LogP contribution in [0.4, 0.5) is 0 Å². The van der Waals surface area contributed by atoms with Gasteiger partial charge in [0.15, 0.2) is 11.3 Å². The van der Waals surface area contributed by atoms with Crippen molar-refractivity contribution >= 4 is 17.5 Å². The molecule has 8 heteroatoms. The van der Waals surface area contributed by atoms with Crippen LogP contribution in [0, 0.1) is 31.6 Å². The molecule has 2 saturated heterocycles.